The Morgan fingerprint density at radius 1 is 1.43 bits per heavy atom. The van der Waals surface area contributed by atoms with Crippen molar-refractivity contribution in [2.24, 2.45) is 5.92 Å². The molecule has 3 rings (SSSR count). The number of hydrogen-bond acceptors (Lipinski definition) is 5. The molecule has 0 bridgehead atoms. The van der Waals surface area contributed by atoms with Crippen LogP contribution in [0.25, 0.3) is 0 Å². The summed E-state index contributed by atoms with van der Waals surface area (Å²) in [6.45, 7) is -0.0841. The van der Waals surface area contributed by atoms with Gasteiger partial charge in [-0.05, 0) is 36.6 Å². The maximum atomic E-state index is 11.8. The Hall–Kier alpha value is -0.920. The van der Waals surface area contributed by atoms with Crippen LogP contribution in [0.15, 0.2) is 17.5 Å². The molecule has 116 valence electrons. The molecule has 1 N–H and O–H groups in total. The highest BCUT2D eigenvalue weighted by molar-refractivity contribution is 7.91. The molecule has 2 heterocycles. The second-order valence-corrected chi connectivity index (χ2v) is 9.13. The number of nitrogens with zero attached hydrogens (tertiary/aromatic N) is 1. The molecule has 2 atom stereocenters. The van der Waals surface area contributed by atoms with Crippen LogP contribution in [0.5, 0.6) is 0 Å². The molecule has 1 saturated carbocycles. The van der Waals surface area contributed by atoms with Gasteiger partial charge in [-0.2, -0.15) is 0 Å². The molecule has 1 aliphatic carbocycles. The molecule has 2 unspecified atom stereocenters. The quantitative estimate of drug-likeness (QED) is 0.861. The van der Waals surface area contributed by atoms with Crippen molar-refractivity contribution in [2.45, 2.75) is 31.3 Å². The third-order valence-corrected chi connectivity index (χ3v) is 6.95. The van der Waals surface area contributed by atoms with Crippen LogP contribution in [-0.4, -0.2) is 48.5 Å². The molecule has 0 spiro atoms. The molecule has 0 aromatic carbocycles. The molecule has 2 aliphatic rings. The van der Waals surface area contributed by atoms with Crippen molar-refractivity contribution in [3.05, 3.63) is 22.4 Å². The minimum Gasteiger partial charge on any atom is -0.480 e. The Morgan fingerprint density at radius 3 is 2.67 bits per heavy atom. The topological polar surface area (TPSA) is 74.7 Å². The summed E-state index contributed by atoms with van der Waals surface area (Å²) in [4.78, 5) is 14.3. The molecule has 21 heavy (non-hydrogen) atoms. The number of rotatable bonds is 6. The van der Waals surface area contributed by atoms with E-state index in [9.17, 15) is 18.3 Å². The van der Waals surface area contributed by atoms with Crippen molar-refractivity contribution in [3.63, 3.8) is 0 Å². The summed E-state index contributed by atoms with van der Waals surface area (Å²) in [7, 11) is -3.02. The molecule has 1 aromatic heterocycles. The number of hydrogen-bond donors (Lipinski definition) is 1. The minimum absolute atomic E-state index is 0.0550. The van der Waals surface area contributed by atoms with Crippen LogP contribution < -0.4 is 0 Å². The third kappa shape index (κ3) is 3.46. The van der Waals surface area contributed by atoms with E-state index in [2.05, 4.69) is 0 Å². The summed E-state index contributed by atoms with van der Waals surface area (Å²) < 4.78 is 23.5. The summed E-state index contributed by atoms with van der Waals surface area (Å²) in [5.41, 5.74) is 0. The van der Waals surface area contributed by atoms with Gasteiger partial charge in [0.1, 0.15) is 0 Å². The minimum atomic E-state index is -3.02. The molecule has 5 nitrogen and oxygen atoms in total. The number of thiophene rings is 1. The number of carbonyl (C=O) groups is 1. The van der Waals surface area contributed by atoms with Crippen molar-refractivity contribution >= 4 is 27.1 Å². The molecular weight excluding hydrogens is 310 g/mol. The smallest absolute Gasteiger partial charge is 0.317 e. The van der Waals surface area contributed by atoms with Crippen molar-refractivity contribution in [1.82, 2.24) is 4.90 Å². The fourth-order valence-electron chi connectivity index (χ4n) is 3.19. The summed E-state index contributed by atoms with van der Waals surface area (Å²) in [5, 5.41) is 11.2. The van der Waals surface area contributed by atoms with Gasteiger partial charge in [0.05, 0.1) is 18.1 Å². The van der Waals surface area contributed by atoms with Gasteiger partial charge in [-0.3, -0.25) is 9.69 Å². The van der Waals surface area contributed by atoms with Gasteiger partial charge in [0, 0.05) is 17.0 Å². The van der Waals surface area contributed by atoms with Gasteiger partial charge in [0.25, 0.3) is 0 Å². The molecule has 1 aromatic rings. The van der Waals surface area contributed by atoms with Crippen LogP contribution in [0.4, 0.5) is 0 Å². The lowest BCUT2D eigenvalue weighted by Gasteiger charge is -2.34. The van der Waals surface area contributed by atoms with Crippen molar-refractivity contribution in [3.8, 4) is 0 Å². The first-order valence-electron chi connectivity index (χ1n) is 7.17. The Bertz CT molecular complexity index is 607. The molecular formula is C14H19NO4S2. The van der Waals surface area contributed by atoms with Gasteiger partial charge in [0.2, 0.25) is 0 Å². The molecule has 1 saturated heterocycles. The third-order valence-electron chi connectivity index (χ3n) is 4.26. The Morgan fingerprint density at radius 2 is 2.19 bits per heavy atom. The van der Waals surface area contributed by atoms with Crippen LogP contribution >= 0.6 is 11.3 Å². The molecule has 1 aliphatic heterocycles. The number of carboxylic acid groups (broad SMARTS) is 1. The molecule has 0 amide bonds. The van der Waals surface area contributed by atoms with Crippen LogP contribution in [0, 0.1) is 5.92 Å². The van der Waals surface area contributed by atoms with Crippen LogP contribution in [-0.2, 0) is 14.6 Å². The highest BCUT2D eigenvalue weighted by atomic mass is 32.2. The number of sulfone groups is 1. The summed E-state index contributed by atoms with van der Waals surface area (Å²) in [6.07, 6.45) is 2.74. The average Bonchev–Trinajstić information content (AvgIpc) is 2.94. The van der Waals surface area contributed by atoms with Gasteiger partial charge in [-0.15, -0.1) is 11.3 Å². The lowest BCUT2D eigenvalue weighted by atomic mass is 10.1. The number of aliphatic carboxylic acids is 1. The Labute approximate surface area is 128 Å². The second-order valence-electron chi connectivity index (χ2n) is 5.92. The second kappa shape index (κ2) is 5.70. The van der Waals surface area contributed by atoms with Crippen molar-refractivity contribution < 1.29 is 18.3 Å². The van der Waals surface area contributed by atoms with Crippen LogP contribution in [0.3, 0.4) is 0 Å². The molecule has 2 fully saturated rings. The normalized spacial score (nSPS) is 26.0. The fraction of sp³-hybridized carbons (Fsp3) is 0.643. The maximum absolute atomic E-state index is 11.8. The van der Waals surface area contributed by atoms with E-state index in [4.69, 9.17) is 0 Å². The van der Waals surface area contributed by atoms with Crippen LogP contribution in [0.1, 0.15) is 30.2 Å². The maximum Gasteiger partial charge on any atom is 0.317 e. The van der Waals surface area contributed by atoms with Gasteiger partial charge >= 0.3 is 5.97 Å². The van der Waals surface area contributed by atoms with E-state index in [1.165, 1.54) is 0 Å². The average molecular weight is 329 g/mol. The largest absolute Gasteiger partial charge is 0.480 e. The first-order valence-corrected chi connectivity index (χ1v) is 9.88. The van der Waals surface area contributed by atoms with Crippen molar-refractivity contribution in [2.75, 3.05) is 18.1 Å². The van der Waals surface area contributed by atoms with E-state index in [0.29, 0.717) is 12.3 Å². The van der Waals surface area contributed by atoms with Crippen molar-refractivity contribution in [1.29, 1.82) is 0 Å². The lowest BCUT2D eigenvalue weighted by Crippen LogP contribution is -2.43. The predicted molar refractivity (Wildman–Crippen MR) is 81.2 cm³/mol. The summed E-state index contributed by atoms with van der Waals surface area (Å²) in [5.74, 6) is -0.155. The SMILES string of the molecule is O=C(O)CN(C1CCS(=O)(=O)C1)C(c1cccs1)C1CC1. The molecule has 0 radical (unpaired) electrons. The molecule has 7 heteroatoms. The van der Waals surface area contributed by atoms with Gasteiger partial charge in [-0.1, -0.05) is 6.07 Å². The van der Waals surface area contributed by atoms with E-state index in [1.807, 2.05) is 22.4 Å². The zero-order valence-corrected chi connectivity index (χ0v) is 13.3. The van der Waals surface area contributed by atoms with E-state index in [-0.39, 0.29) is 30.1 Å². The summed E-state index contributed by atoms with van der Waals surface area (Å²) in [6, 6.07) is 3.89. The standard InChI is InChI=1S/C14H19NO4S2/c16-13(17)8-15(11-5-7-21(18,19)9-11)14(10-3-4-10)12-2-1-6-20-12/h1-2,6,10-11,14H,3-5,7-9H2,(H,16,17). The highest BCUT2D eigenvalue weighted by Gasteiger charge is 2.43. The summed E-state index contributed by atoms with van der Waals surface area (Å²) >= 11 is 1.63. The predicted octanol–water partition coefficient (Wildman–Crippen LogP) is 1.77. The lowest BCUT2D eigenvalue weighted by molar-refractivity contribution is -0.139. The number of carboxylic acids is 1. The highest BCUT2D eigenvalue weighted by Crippen LogP contribution is 2.47. The van der Waals surface area contributed by atoms with E-state index >= 15 is 0 Å². The van der Waals surface area contributed by atoms with Gasteiger partial charge in [-0.25, -0.2) is 8.42 Å². The monoisotopic (exact) mass is 329 g/mol. The van der Waals surface area contributed by atoms with E-state index < -0.39 is 15.8 Å². The zero-order chi connectivity index (χ0) is 15.0. The van der Waals surface area contributed by atoms with E-state index in [1.54, 1.807) is 11.3 Å². The van der Waals surface area contributed by atoms with Gasteiger partial charge in [0.15, 0.2) is 9.84 Å². The Balaban J connectivity index is 1.88. The van der Waals surface area contributed by atoms with E-state index in [0.717, 1.165) is 17.7 Å². The fourth-order valence-corrected chi connectivity index (χ4v) is 5.87. The first-order chi connectivity index (χ1) is 9.96. The zero-order valence-electron chi connectivity index (χ0n) is 11.6. The van der Waals surface area contributed by atoms with Crippen LogP contribution in [0.2, 0.25) is 0 Å². The first kappa shape index (κ1) is 15.0. The Kier molecular flexibility index (Phi) is 4.07. The van der Waals surface area contributed by atoms with Gasteiger partial charge < -0.3 is 5.11 Å².